The first-order valence-corrected chi connectivity index (χ1v) is 4.76. The van der Waals surface area contributed by atoms with Gasteiger partial charge in [0.05, 0.1) is 5.75 Å². The maximum Gasteiger partial charge on any atom is 0.188 e. The van der Waals surface area contributed by atoms with Crippen molar-refractivity contribution >= 4 is 11.8 Å². The van der Waals surface area contributed by atoms with Crippen molar-refractivity contribution in [2.45, 2.75) is 5.16 Å². The Morgan fingerprint density at radius 1 is 1.38 bits per heavy atom. The lowest BCUT2D eigenvalue weighted by atomic mass is 10.6. The Hall–Kier alpha value is -1.05. The minimum atomic E-state index is 0.482. The van der Waals surface area contributed by atoms with Crippen LogP contribution < -0.4 is 0 Å². The predicted molar refractivity (Wildman–Crippen MR) is 52.4 cm³/mol. The van der Waals surface area contributed by atoms with Crippen LogP contribution in [0, 0.1) is 11.8 Å². The lowest BCUT2D eigenvalue weighted by Gasteiger charge is -1.91. The van der Waals surface area contributed by atoms with Crippen LogP contribution in [0.15, 0.2) is 23.6 Å². The number of ether oxygens (including phenoxy) is 1. The van der Waals surface area contributed by atoms with Gasteiger partial charge in [0.1, 0.15) is 6.61 Å². The van der Waals surface area contributed by atoms with Gasteiger partial charge in [0.25, 0.3) is 0 Å². The van der Waals surface area contributed by atoms with Gasteiger partial charge in [0.15, 0.2) is 5.16 Å². The van der Waals surface area contributed by atoms with Crippen molar-refractivity contribution < 1.29 is 4.74 Å². The van der Waals surface area contributed by atoms with Crippen LogP contribution >= 0.6 is 11.8 Å². The van der Waals surface area contributed by atoms with Crippen LogP contribution in [0.4, 0.5) is 0 Å². The zero-order valence-electron chi connectivity index (χ0n) is 7.36. The summed E-state index contributed by atoms with van der Waals surface area (Å²) in [4.78, 5) is 8.10. The Bertz CT molecular complexity index is 291. The highest BCUT2D eigenvalue weighted by atomic mass is 32.2. The third-order valence-electron chi connectivity index (χ3n) is 1.16. The Morgan fingerprint density at radius 3 is 2.85 bits per heavy atom. The van der Waals surface area contributed by atoms with E-state index in [2.05, 4.69) is 21.8 Å². The Labute approximate surface area is 81.9 Å². The molecule has 13 heavy (non-hydrogen) atoms. The Balaban J connectivity index is 2.25. The third kappa shape index (κ3) is 4.51. The fourth-order valence-electron chi connectivity index (χ4n) is 0.635. The summed E-state index contributed by atoms with van der Waals surface area (Å²) >= 11 is 1.52. The maximum atomic E-state index is 4.78. The summed E-state index contributed by atoms with van der Waals surface area (Å²) in [5, 5.41) is 0.759. The molecule has 0 saturated heterocycles. The van der Waals surface area contributed by atoms with Gasteiger partial charge in [-0.25, -0.2) is 9.97 Å². The highest BCUT2D eigenvalue weighted by molar-refractivity contribution is 7.99. The smallest absolute Gasteiger partial charge is 0.188 e. The standard InChI is InChI=1S/C9H10N2OS/c1-12-7-2-3-8-13-9-10-5-4-6-11-9/h4-6H,7-8H2,1H3. The zero-order chi connectivity index (χ0) is 9.36. The van der Waals surface area contributed by atoms with Crippen molar-refractivity contribution in [3.63, 3.8) is 0 Å². The van der Waals surface area contributed by atoms with E-state index >= 15 is 0 Å². The van der Waals surface area contributed by atoms with Crippen molar-refractivity contribution in [2.75, 3.05) is 19.5 Å². The molecule has 0 fully saturated rings. The molecule has 0 aliphatic rings. The largest absolute Gasteiger partial charge is 0.372 e. The number of aromatic nitrogens is 2. The second kappa shape index (κ2) is 6.46. The summed E-state index contributed by atoms with van der Waals surface area (Å²) in [7, 11) is 1.63. The lowest BCUT2D eigenvalue weighted by Crippen LogP contribution is -1.85. The lowest BCUT2D eigenvalue weighted by molar-refractivity contribution is 0.240. The van der Waals surface area contributed by atoms with Crippen molar-refractivity contribution in [1.29, 1.82) is 0 Å². The number of hydrogen-bond donors (Lipinski definition) is 0. The molecule has 1 aromatic rings. The number of rotatable bonds is 3. The molecular formula is C9H10N2OS. The van der Waals surface area contributed by atoms with Crippen LogP contribution in [0.25, 0.3) is 0 Å². The molecule has 68 valence electrons. The first-order valence-electron chi connectivity index (χ1n) is 3.78. The maximum absolute atomic E-state index is 4.78. The Morgan fingerprint density at radius 2 is 2.15 bits per heavy atom. The minimum Gasteiger partial charge on any atom is -0.372 e. The fraction of sp³-hybridized carbons (Fsp3) is 0.333. The normalized spacial score (nSPS) is 9.00. The molecule has 0 bridgehead atoms. The molecule has 0 aliphatic carbocycles. The van der Waals surface area contributed by atoms with Gasteiger partial charge < -0.3 is 4.74 Å². The van der Waals surface area contributed by atoms with Gasteiger partial charge in [-0.15, -0.1) is 0 Å². The summed E-state index contributed by atoms with van der Waals surface area (Å²) in [5.74, 6) is 6.50. The van der Waals surface area contributed by atoms with E-state index in [9.17, 15) is 0 Å². The van der Waals surface area contributed by atoms with Crippen molar-refractivity contribution in [3.05, 3.63) is 18.5 Å². The molecule has 0 amide bonds. The molecule has 3 nitrogen and oxygen atoms in total. The molecule has 1 rings (SSSR count). The molecular weight excluding hydrogens is 184 g/mol. The van der Waals surface area contributed by atoms with E-state index in [0.29, 0.717) is 12.4 Å². The van der Waals surface area contributed by atoms with Crippen LogP contribution in [0.1, 0.15) is 0 Å². The average molecular weight is 194 g/mol. The topological polar surface area (TPSA) is 35.0 Å². The molecule has 0 aromatic carbocycles. The van der Waals surface area contributed by atoms with Crippen LogP contribution in [-0.2, 0) is 4.74 Å². The van der Waals surface area contributed by atoms with Crippen LogP contribution in [0.3, 0.4) is 0 Å². The molecule has 1 heterocycles. The third-order valence-corrected chi connectivity index (χ3v) is 1.91. The number of thioether (sulfide) groups is 1. The van der Waals surface area contributed by atoms with Crippen molar-refractivity contribution in [1.82, 2.24) is 9.97 Å². The van der Waals surface area contributed by atoms with E-state index in [1.807, 2.05) is 0 Å². The van der Waals surface area contributed by atoms with Gasteiger partial charge in [-0.2, -0.15) is 0 Å². The van der Waals surface area contributed by atoms with Crippen molar-refractivity contribution in [2.24, 2.45) is 0 Å². The van der Waals surface area contributed by atoms with Crippen molar-refractivity contribution in [3.8, 4) is 11.8 Å². The van der Waals surface area contributed by atoms with Gasteiger partial charge >= 0.3 is 0 Å². The SMILES string of the molecule is COCC#CCSc1ncccn1. The molecule has 0 atom stereocenters. The minimum absolute atomic E-state index is 0.482. The summed E-state index contributed by atoms with van der Waals surface area (Å²) in [6.07, 6.45) is 3.44. The second-order valence-electron chi connectivity index (χ2n) is 2.11. The van der Waals surface area contributed by atoms with Gasteiger partial charge in [0.2, 0.25) is 0 Å². The van der Waals surface area contributed by atoms with E-state index < -0.39 is 0 Å². The molecule has 0 unspecified atom stereocenters. The first kappa shape index (κ1) is 10.0. The van der Waals surface area contributed by atoms with E-state index in [4.69, 9.17) is 4.74 Å². The van der Waals surface area contributed by atoms with E-state index in [-0.39, 0.29) is 0 Å². The highest BCUT2D eigenvalue weighted by Gasteiger charge is 1.90. The summed E-state index contributed by atoms with van der Waals surface area (Å²) in [6.45, 7) is 0.482. The summed E-state index contributed by atoms with van der Waals surface area (Å²) < 4.78 is 4.78. The molecule has 0 radical (unpaired) electrons. The van der Waals surface area contributed by atoms with E-state index in [1.54, 1.807) is 25.6 Å². The van der Waals surface area contributed by atoms with Gasteiger partial charge in [-0.3, -0.25) is 0 Å². The second-order valence-corrected chi connectivity index (χ2v) is 3.05. The Kier molecular flexibility index (Phi) is 4.99. The highest BCUT2D eigenvalue weighted by Crippen LogP contribution is 2.08. The summed E-state index contributed by atoms with van der Waals surface area (Å²) in [5.41, 5.74) is 0. The fourth-order valence-corrected chi connectivity index (χ4v) is 1.21. The predicted octanol–water partition coefficient (Wildman–Crippen LogP) is 1.22. The number of methoxy groups -OCH3 is 1. The monoisotopic (exact) mass is 194 g/mol. The quantitative estimate of drug-likeness (QED) is 0.411. The molecule has 1 aromatic heterocycles. The molecule has 0 spiro atoms. The van der Waals surface area contributed by atoms with Crippen LogP contribution in [-0.4, -0.2) is 29.4 Å². The average Bonchev–Trinajstić information content (AvgIpc) is 2.19. The number of hydrogen-bond acceptors (Lipinski definition) is 4. The first-order chi connectivity index (χ1) is 6.43. The zero-order valence-corrected chi connectivity index (χ0v) is 8.17. The summed E-state index contributed by atoms with van der Waals surface area (Å²) in [6, 6.07) is 1.79. The van der Waals surface area contributed by atoms with Gasteiger partial charge in [-0.1, -0.05) is 23.6 Å². The molecule has 4 heteroatoms. The van der Waals surface area contributed by atoms with Crippen LogP contribution in [0.2, 0.25) is 0 Å². The van der Waals surface area contributed by atoms with Gasteiger partial charge in [-0.05, 0) is 6.07 Å². The van der Waals surface area contributed by atoms with Crippen LogP contribution in [0.5, 0.6) is 0 Å². The van der Waals surface area contributed by atoms with E-state index in [0.717, 1.165) is 5.16 Å². The molecule has 0 saturated carbocycles. The molecule has 0 aliphatic heterocycles. The number of nitrogens with zero attached hydrogens (tertiary/aromatic N) is 2. The molecule has 0 N–H and O–H groups in total. The van der Waals surface area contributed by atoms with Gasteiger partial charge in [0, 0.05) is 19.5 Å². The van der Waals surface area contributed by atoms with E-state index in [1.165, 1.54) is 11.8 Å².